The smallest absolute Gasteiger partial charge is 0.261 e. The summed E-state index contributed by atoms with van der Waals surface area (Å²) >= 11 is 0. The number of amides is 1. The number of benzene rings is 1. The number of aromatic nitrogens is 2. The lowest BCUT2D eigenvalue weighted by atomic mass is 9.89. The van der Waals surface area contributed by atoms with Crippen molar-refractivity contribution in [3.05, 3.63) is 40.4 Å². The number of hydrogen-bond acceptors (Lipinski definition) is 3. The van der Waals surface area contributed by atoms with E-state index in [1.54, 1.807) is 17.7 Å². The summed E-state index contributed by atoms with van der Waals surface area (Å²) in [6.45, 7) is 0.522. The van der Waals surface area contributed by atoms with Gasteiger partial charge >= 0.3 is 0 Å². The van der Waals surface area contributed by atoms with E-state index in [1.807, 2.05) is 18.2 Å². The van der Waals surface area contributed by atoms with E-state index in [0.29, 0.717) is 29.7 Å². The molecule has 0 radical (unpaired) electrons. The van der Waals surface area contributed by atoms with Gasteiger partial charge in [0.25, 0.3) is 5.56 Å². The number of nitrogens with one attached hydrogen (secondary N) is 1. The molecule has 1 aliphatic rings. The normalized spacial score (nSPS) is 15.7. The maximum atomic E-state index is 12.3. The number of rotatable bonds is 4. The van der Waals surface area contributed by atoms with Gasteiger partial charge in [0.2, 0.25) is 5.91 Å². The molecular formula is C18H23N3O2. The molecule has 1 saturated carbocycles. The molecule has 0 unspecified atom stereocenters. The Hall–Kier alpha value is -2.17. The molecule has 5 heteroatoms. The molecule has 0 aliphatic heterocycles. The van der Waals surface area contributed by atoms with Crippen LogP contribution in [0.3, 0.4) is 0 Å². The fraction of sp³-hybridized carbons (Fsp3) is 0.500. The van der Waals surface area contributed by atoms with Gasteiger partial charge in [0.05, 0.1) is 10.9 Å². The average molecular weight is 313 g/mol. The third kappa shape index (κ3) is 3.44. The third-order valence-corrected chi connectivity index (χ3v) is 4.70. The zero-order chi connectivity index (χ0) is 16.2. The van der Waals surface area contributed by atoms with Gasteiger partial charge in [-0.25, -0.2) is 4.98 Å². The van der Waals surface area contributed by atoms with E-state index in [0.717, 1.165) is 25.7 Å². The molecule has 23 heavy (non-hydrogen) atoms. The van der Waals surface area contributed by atoms with Crippen molar-refractivity contribution in [2.75, 3.05) is 6.54 Å². The first kappa shape index (κ1) is 15.7. The molecule has 0 spiro atoms. The van der Waals surface area contributed by atoms with Crippen molar-refractivity contribution in [3.8, 4) is 0 Å². The van der Waals surface area contributed by atoms with E-state index < -0.39 is 0 Å². The van der Waals surface area contributed by atoms with Crippen LogP contribution in [0.2, 0.25) is 0 Å². The second-order valence-electron chi connectivity index (χ2n) is 6.29. The quantitative estimate of drug-likeness (QED) is 0.941. The Bertz CT molecular complexity index is 760. The van der Waals surface area contributed by atoms with Crippen molar-refractivity contribution in [1.29, 1.82) is 0 Å². The monoisotopic (exact) mass is 313 g/mol. The van der Waals surface area contributed by atoms with Crippen LogP contribution in [-0.2, 0) is 18.3 Å². The van der Waals surface area contributed by atoms with Crippen LogP contribution in [-0.4, -0.2) is 22.0 Å². The molecule has 1 fully saturated rings. The molecular weight excluding hydrogens is 290 g/mol. The highest BCUT2D eigenvalue weighted by molar-refractivity contribution is 5.79. The topological polar surface area (TPSA) is 64.0 Å². The first-order valence-electron chi connectivity index (χ1n) is 8.39. The largest absolute Gasteiger partial charge is 0.355 e. The van der Waals surface area contributed by atoms with E-state index in [-0.39, 0.29) is 17.4 Å². The lowest BCUT2D eigenvalue weighted by molar-refractivity contribution is -0.125. The van der Waals surface area contributed by atoms with Gasteiger partial charge in [-0.2, -0.15) is 0 Å². The van der Waals surface area contributed by atoms with Crippen molar-refractivity contribution < 1.29 is 4.79 Å². The highest BCUT2D eigenvalue weighted by Crippen LogP contribution is 2.23. The van der Waals surface area contributed by atoms with E-state index >= 15 is 0 Å². The van der Waals surface area contributed by atoms with Crippen LogP contribution in [0.25, 0.3) is 10.9 Å². The van der Waals surface area contributed by atoms with Gasteiger partial charge in [-0.15, -0.1) is 0 Å². The summed E-state index contributed by atoms with van der Waals surface area (Å²) in [4.78, 5) is 29.0. The molecule has 1 aliphatic carbocycles. The molecule has 122 valence electrons. The average Bonchev–Trinajstić information content (AvgIpc) is 2.60. The Morgan fingerprint density at radius 2 is 2.00 bits per heavy atom. The summed E-state index contributed by atoms with van der Waals surface area (Å²) in [5, 5.41) is 3.63. The van der Waals surface area contributed by atoms with Crippen molar-refractivity contribution >= 4 is 16.8 Å². The molecule has 0 bridgehead atoms. The Morgan fingerprint density at radius 1 is 1.26 bits per heavy atom. The Kier molecular flexibility index (Phi) is 4.74. The van der Waals surface area contributed by atoms with E-state index in [4.69, 9.17) is 0 Å². The zero-order valence-corrected chi connectivity index (χ0v) is 13.5. The number of carbonyl (C=O) groups is 1. The maximum absolute atomic E-state index is 12.3. The molecule has 1 heterocycles. The Balaban J connectivity index is 1.66. The second-order valence-corrected chi connectivity index (χ2v) is 6.29. The predicted molar refractivity (Wildman–Crippen MR) is 90.3 cm³/mol. The number of nitrogens with zero attached hydrogens (tertiary/aromatic N) is 2. The van der Waals surface area contributed by atoms with E-state index in [2.05, 4.69) is 10.3 Å². The van der Waals surface area contributed by atoms with Gasteiger partial charge in [0.15, 0.2) is 0 Å². The Morgan fingerprint density at radius 3 is 2.78 bits per heavy atom. The summed E-state index contributed by atoms with van der Waals surface area (Å²) in [6, 6.07) is 7.36. The minimum Gasteiger partial charge on any atom is -0.355 e. The number of para-hydroxylation sites is 1. The van der Waals surface area contributed by atoms with Gasteiger partial charge in [0, 0.05) is 25.9 Å². The van der Waals surface area contributed by atoms with Crippen molar-refractivity contribution in [2.24, 2.45) is 13.0 Å². The molecule has 1 aromatic heterocycles. The van der Waals surface area contributed by atoms with Crippen LogP contribution in [0.15, 0.2) is 29.1 Å². The van der Waals surface area contributed by atoms with Crippen molar-refractivity contribution in [1.82, 2.24) is 14.9 Å². The van der Waals surface area contributed by atoms with Gasteiger partial charge in [-0.1, -0.05) is 31.4 Å². The summed E-state index contributed by atoms with van der Waals surface area (Å²) in [6.07, 6.45) is 6.11. The fourth-order valence-electron chi connectivity index (χ4n) is 3.29. The zero-order valence-electron chi connectivity index (χ0n) is 13.5. The third-order valence-electron chi connectivity index (χ3n) is 4.70. The summed E-state index contributed by atoms with van der Waals surface area (Å²) < 4.78 is 1.58. The highest BCUT2D eigenvalue weighted by Gasteiger charge is 2.20. The van der Waals surface area contributed by atoms with Crippen LogP contribution < -0.4 is 10.9 Å². The predicted octanol–water partition coefficient (Wildman–Crippen LogP) is 2.17. The van der Waals surface area contributed by atoms with Gasteiger partial charge in [-0.05, 0) is 25.0 Å². The molecule has 1 aromatic carbocycles. The lowest BCUT2D eigenvalue weighted by Crippen LogP contribution is -2.34. The van der Waals surface area contributed by atoms with E-state index in [1.165, 1.54) is 6.42 Å². The number of carbonyl (C=O) groups excluding carboxylic acids is 1. The molecule has 3 rings (SSSR count). The summed E-state index contributed by atoms with van der Waals surface area (Å²) in [5.41, 5.74) is 0.674. The summed E-state index contributed by atoms with van der Waals surface area (Å²) in [5.74, 6) is 1.02. The first-order chi connectivity index (χ1) is 11.2. The Labute approximate surface area is 135 Å². The molecule has 2 aromatic rings. The minimum absolute atomic E-state index is 0.0378. The lowest BCUT2D eigenvalue weighted by Gasteiger charge is -2.20. The fourth-order valence-corrected chi connectivity index (χ4v) is 3.29. The first-order valence-corrected chi connectivity index (χ1v) is 8.39. The molecule has 1 amide bonds. The van der Waals surface area contributed by atoms with Crippen LogP contribution in [0.1, 0.15) is 37.9 Å². The van der Waals surface area contributed by atoms with Crippen LogP contribution in [0.4, 0.5) is 0 Å². The SMILES string of the molecule is Cn1c(CCNC(=O)C2CCCCC2)nc2ccccc2c1=O. The van der Waals surface area contributed by atoms with Crippen molar-refractivity contribution in [2.45, 2.75) is 38.5 Å². The second kappa shape index (κ2) is 6.94. The van der Waals surface area contributed by atoms with E-state index in [9.17, 15) is 9.59 Å². The van der Waals surface area contributed by atoms with Crippen molar-refractivity contribution in [3.63, 3.8) is 0 Å². The number of fused-ring (bicyclic) bond motifs is 1. The maximum Gasteiger partial charge on any atom is 0.261 e. The van der Waals surface area contributed by atoms with Crippen LogP contribution in [0, 0.1) is 5.92 Å². The number of hydrogen-bond donors (Lipinski definition) is 1. The standard InChI is InChI=1S/C18H23N3O2/c1-21-16(20-15-10-6-5-9-14(15)18(21)23)11-12-19-17(22)13-7-3-2-4-8-13/h5-6,9-10,13H,2-4,7-8,11-12H2,1H3,(H,19,22). The molecule has 1 N–H and O–H groups in total. The molecule has 0 atom stereocenters. The van der Waals surface area contributed by atoms with Gasteiger partial charge in [0.1, 0.15) is 5.82 Å². The highest BCUT2D eigenvalue weighted by atomic mass is 16.2. The van der Waals surface area contributed by atoms with Gasteiger partial charge in [-0.3, -0.25) is 14.2 Å². The van der Waals surface area contributed by atoms with Crippen LogP contribution in [0.5, 0.6) is 0 Å². The summed E-state index contributed by atoms with van der Waals surface area (Å²) in [7, 11) is 1.74. The van der Waals surface area contributed by atoms with Crippen LogP contribution >= 0.6 is 0 Å². The molecule has 0 saturated heterocycles. The van der Waals surface area contributed by atoms with Gasteiger partial charge < -0.3 is 5.32 Å². The minimum atomic E-state index is -0.0378. The molecule has 5 nitrogen and oxygen atoms in total.